The first-order valence-electron chi connectivity index (χ1n) is 25.2. The number of carbonyl (C=O) groups is 6. The summed E-state index contributed by atoms with van der Waals surface area (Å²) in [5.41, 5.74) is 0.456. The van der Waals surface area contributed by atoms with Crippen molar-refractivity contribution in [2.75, 3.05) is 25.9 Å². The molecule has 2 aliphatic heterocycles. The number of aromatic nitrogens is 4. The number of nitrogens with zero attached hydrogens (tertiary/aromatic N) is 4. The zero-order valence-electron chi connectivity index (χ0n) is 44.0. The minimum absolute atomic E-state index is 0.0278. The van der Waals surface area contributed by atoms with E-state index in [1.165, 1.54) is 23.0 Å². The molecule has 408 valence electrons. The smallest absolute Gasteiger partial charge is 0.408 e. The van der Waals surface area contributed by atoms with E-state index in [1.54, 1.807) is 60.6 Å². The Morgan fingerprint density at radius 3 is 2.33 bits per heavy atom. The molecule has 23 heteroatoms. The van der Waals surface area contributed by atoms with Crippen LogP contribution in [-0.2, 0) is 68.5 Å². The summed E-state index contributed by atoms with van der Waals surface area (Å²) in [5, 5.41) is 25.3. The van der Waals surface area contributed by atoms with E-state index in [9.17, 15) is 51.5 Å². The third-order valence-electron chi connectivity index (χ3n) is 12.8. The van der Waals surface area contributed by atoms with Gasteiger partial charge in [0.1, 0.15) is 30.1 Å². The second-order valence-corrected chi connectivity index (χ2v) is 22.2. The van der Waals surface area contributed by atoms with Crippen molar-refractivity contribution >= 4 is 56.4 Å². The number of aliphatic hydroxyl groups is 1. The van der Waals surface area contributed by atoms with Gasteiger partial charge in [0.2, 0.25) is 38.6 Å². The number of halogens is 1. The maximum atomic E-state index is 15.0. The van der Waals surface area contributed by atoms with Crippen LogP contribution in [0.3, 0.4) is 0 Å². The number of ether oxygens (including phenoxy) is 2. The normalized spacial score (nSPS) is 15.5. The molecule has 6 N–H and O–H groups in total. The van der Waals surface area contributed by atoms with E-state index >= 15 is 0 Å². The number of hydrogen-bond acceptors (Lipinski definition) is 15. The molecule has 5 amide bonds. The summed E-state index contributed by atoms with van der Waals surface area (Å²) < 4.78 is 50.2. The predicted octanol–water partition coefficient (Wildman–Crippen LogP) is 3.43. The molecule has 0 unspecified atom stereocenters. The van der Waals surface area contributed by atoms with Crippen molar-refractivity contribution in [2.45, 2.75) is 148 Å². The van der Waals surface area contributed by atoms with Gasteiger partial charge < -0.3 is 45.7 Å². The number of fused-ring (bicyclic) bond motifs is 5. The molecule has 2 aliphatic rings. The number of cyclic esters (lactones) is 1. The number of amides is 5. The van der Waals surface area contributed by atoms with Gasteiger partial charge in [0.15, 0.2) is 5.60 Å². The number of esters is 1. The van der Waals surface area contributed by atoms with E-state index in [0.29, 0.717) is 77.5 Å². The first kappa shape index (κ1) is 57.9. The molecule has 0 spiro atoms. The molecule has 0 radical (unpaired) electrons. The van der Waals surface area contributed by atoms with Gasteiger partial charge in [-0.05, 0) is 102 Å². The van der Waals surface area contributed by atoms with Crippen molar-refractivity contribution in [3.63, 3.8) is 0 Å². The van der Waals surface area contributed by atoms with Gasteiger partial charge in [0.05, 0.1) is 41.1 Å². The molecule has 76 heavy (non-hydrogen) atoms. The SMILES string of the molecule is CC[C@@]1(O)C(=O)OCc2c1cc1n(c2=O)Cc2c-1nc1cc(F)c(C)cc1c2CCCNC(=O)CNC(=O)[C@H](CCCCNC(=O)[C@@H](NC(=O)CCCC#Cc1cnc(S(C)(=O)=O)nc1)C(C)C)NC(=O)OC(C)(C)C. The fourth-order valence-electron chi connectivity index (χ4n) is 8.79. The minimum Gasteiger partial charge on any atom is -0.458 e. The minimum atomic E-state index is -3.53. The molecule has 5 heterocycles. The van der Waals surface area contributed by atoms with Crippen LogP contribution in [-0.4, -0.2) is 112 Å². The molecule has 1 aromatic carbocycles. The van der Waals surface area contributed by atoms with Crippen LogP contribution < -0.4 is 32.1 Å². The second-order valence-electron chi connectivity index (χ2n) is 20.3. The van der Waals surface area contributed by atoms with E-state index in [-0.39, 0.29) is 79.5 Å². The zero-order valence-corrected chi connectivity index (χ0v) is 44.8. The van der Waals surface area contributed by atoms with Gasteiger partial charge in [-0.3, -0.25) is 24.0 Å². The van der Waals surface area contributed by atoms with Crippen LogP contribution in [0, 0.1) is 30.5 Å². The van der Waals surface area contributed by atoms with Crippen LogP contribution in [0.5, 0.6) is 0 Å². The Bertz CT molecular complexity index is 3150. The van der Waals surface area contributed by atoms with E-state index in [4.69, 9.17) is 14.5 Å². The molecule has 3 atom stereocenters. The summed E-state index contributed by atoms with van der Waals surface area (Å²) in [6.45, 7) is 11.7. The Morgan fingerprint density at radius 2 is 1.66 bits per heavy atom. The molecule has 3 aromatic heterocycles. The molecule has 21 nitrogen and oxygen atoms in total. The van der Waals surface area contributed by atoms with Gasteiger partial charge in [0.25, 0.3) is 5.56 Å². The number of benzene rings is 1. The maximum absolute atomic E-state index is 15.0. The molecule has 0 fully saturated rings. The fourth-order valence-corrected chi connectivity index (χ4v) is 9.28. The van der Waals surface area contributed by atoms with Crippen molar-refractivity contribution in [3.05, 3.63) is 80.1 Å². The van der Waals surface area contributed by atoms with Crippen LogP contribution >= 0.6 is 0 Å². The Kier molecular flexibility index (Phi) is 18.7. The highest BCUT2D eigenvalue weighted by Crippen LogP contribution is 2.41. The summed E-state index contributed by atoms with van der Waals surface area (Å²) in [7, 11) is -3.53. The van der Waals surface area contributed by atoms with Crippen molar-refractivity contribution in [2.24, 2.45) is 5.92 Å². The number of aryl methyl sites for hydroxylation is 2. The quantitative estimate of drug-likeness (QED) is 0.0266. The van der Waals surface area contributed by atoms with Crippen LogP contribution in [0.15, 0.2) is 40.5 Å². The first-order valence-corrected chi connectivity index (χ1v) is 27.1. The third-order valence-corrected chi connectivity index (χ3v) is 13.7. The second kappa shape index (κ2) is 24.6. The molecule has 0 bridgehead atoms. The number of sulfone groups is 1. The number of unbranched alkanes of at least 4 members (excludes halogenated alkanes) is 2. The van der Waals surface area contributed by atoms with Gasteiger partial charge in [-0.1, -0.05) is 32.6 Å². The number of carbonyl (C=O) groups excluding carboxylic acids is 6. The lowest BCUT2D eigenvalue weighted by Gasteiger charge is -2.31. The van der Waals surface area contributed by atoms with Gasteiger partial charge in [-0.15, -0.1) is 0 Å². The van der Waals surface area contributed by atoms with Crippen molar-refractivity contribution in [1.82, 2.24) is 46.1 Å². The molecule has 0 saturated carbocycles. The summed E-state index contributed by atoms with van der Waals surface area (Å²) in [6.07, 6.45) is 5.30. The lowest BCUT2D eigenvalue weighted by molar-refractivity contribution is -0.172. The highest BCUT2D eigenvalue weighted by atomic mass is 32.2. The summed E-state index contributed by atoms with van der Waals surface area (Å²) in [5.74, 6) is 2.30. The summed E-state index contributed by atoms with van der Waals surface area (Å²) >= 11 is 0. The number of rotatable bonds is 21. The summed E-state index contributed by atoms with van der Waals surface area (Å²) in [6, 6.07) is 2.69. The van der Waals surface area contributed by atoms with Crippen molar-refractivity contribution in [3.8, 4) is 23.2 Å². The predicted molar refractivity (Wildman–Crippen MR) is 276 cm³/mol. The highest BCUT2D eigenvalue weighted by Gasteiger charge is 2.45. The average Bonchev–Trinajstić information content (AvgIpc) is 3.72. The fraction of sp³-hybridized carbons (Fsp3) is 0.509. The molecule has 0 aliphatic carbocycles. The molecule has 6 rings (SSSR count). The lowest BCUT2D eigenvalue weighted by atomic mass is 9.86. The van der Waals surface area contributed by atoms with Crippen molar-refractivity contribution < 1.29 is 56.2 Å². The zero-order chi connectivity index (χ0) is 55.7. The van der Waals surface area contributed by atoms with E-state index in [0.717, 1.165) is 11.8 Å². The largest absolute Gasteiger partial charge is 0.458 e. The van der Waals surface area contributed by atoms with Crippen LogP contribution in [0.2, 0.25) is 0 Å². The first-order chi connectivity index (χ1) is 35.8. The number of hydrogen-bond donors (Lipinski definition) is 6. The van der Waals surface area contributed by atoms with Crippen LogP contribution in [0.4, 0.5) is 9.18 Å². The van der Waals surface area contributed by atoms with Crippen molar-refractivity contribution in [1.29, 1.82) is 0 Å². The Labute approximate surface area is 440 Å². The van der Waals surface area contributed by atoms with Gasteiger partial charge in [-0.25, -0.2) is 37.3 Å². The van der Waals surface area contributed by atoms with E-state index in [1.807, 2.05) is 0 Å². The van der Waals surface area contributed by atoms with Gasteiger partial charge in [-0.2, -0.15) is 0 Å². The Morgan fingerprint density at radius 1 is 0.947 bits per heavy atom. The molecule has 0 saturated heterocycles. The number of alkyl carbamates (subject to hydrolysis) is 1. The standard InChI is InChI=1S/C53H66FN9O12S/c1-9-53(71)37-23-41-45-35(28-63(41)48(68)36(37)29-74-49(53)69)33(34-22-31(4)38(54)24-40(34)60-45)17-15-21-55-43(65)27-57-46(66)39(61-51(70)75-52(5,6)7)18-13-14-20-56-47(67)44(30(2)3)62-42(64)19-12-10-11-16-32-25-58-50(59-26-32)76(8,72)73/h22-26,30,39,44,71H,9-10,12-15,17-21,27-29H2,1-8H3,(H,55,65)(H,56,67)(H,57,66)(H,61,70)(H,62,64)/t39-,44-,53-/m0/s1. The van der Waals surface area contributed by atoms with E-state index < -0.39 is 74.9 Å². The Balaban J connectivity index is 0.992. The number of pyridine rings is 2. The molecular weight excluding hydrogens is 1010 g/mol. The lowest BCUT2D eigenvalue weighted by Crippen LogP contribution is -2.50. The highest BCUT2D eigenvalue weighted by molar-refractivity contribution is 7.90. The third kappa shape index (κ3) is 14.3. The summed E-state index contributed by atoms with van der Waals surface area (Å²) in [4.78, 5) is 104. The average molecular weight is 1070 g/mol. The molecular formula is C53H66FN9O12S. The van der Waals surface area contributed by atoms with Gasteiger partial charge >= 0.3 is 12.1 Å². The topological polar surface area (TPSA) is 296 Å². The maximum Gasteiger partial charge on any atom is 0.408 e. The molecule has 4 aromatic rings. The van der Waals surface area contributed by atoms with E-state index in [2.05, 4.69) is 48.4 Å². The Hall–Kier alpha value is -7.32. The van der Waals surface area contributed by atoms with Gasteiger partial charge in [0, 0.05) is 67.2 Å². The number of nitrogens with one attached hydrogen (secondary N) is 5. The monoisotopic (exact) mass is 1070 g/mol. The van der Waals surface area contributed by atoms with Crippen LogP contribution in [0.25, 0.3) is 22.3 Å². The van der Waals surface area contributed by atoms with Crippen LogP contribution in [0.1, 0.15) is 126 Å².